The summed E-state index contributed by atoms with van der Waals surface area (Å²) in [7, 11) is 0. The first kappa shape index (κ1) is 12.7. The molecule has 0 aliphatic carbocycles. The fraction of sp³-hybridized carbons (Fsp3) is 0. The first-order valence-electron chi connectivity index (χ1n) is 5.09. The third-order valence-electron chi connectivity index (χ3n) is 2.24. The smallest absolute Gasteiger partial charge is 0.345 e. The van der Waals surface area contributed by atoms with E-state index >= 15 is 0 Å². The first-order valence-corrected chi connectivity index (χ1v) is 5.84. The van der Waals surface area contributed by atoms with Crippen LogP contribution in [0, 0.1) is 0 Å². The molecule has 0 radical (unpaired) electrons. The lowest BCUT2D eigenvalue weighted by Crippen LogP contribution is -2.09. The third-order valence-corrected chi connectivity index (χ3v) is 2.79. The molecule has 2 rings (SSSR count). The van der Waals surface area contributed by atoms with Crippen LogP contribution in [0.15, 0.2) is 42.5 Å². The molecular weight excluding hydrogens is 273 g/mol. The van der Waals surface area contributed by atoms with Crippen LogP contribution < -0.4 is 10.5 Å². The maximum Gasteiger partial charge on any atom is 0.345 e. The van der Waals surface area contributed by atoms with Crippen molar-refractivity contribution in [1.82, 2.24) is 0 Å². The maximum absolute atomic E-state index is 11.9. The number of hydrogen-bond acceptors (Lipinski definition) is 3. The minimum absolute atomic E-state index is 0.253. The van der Waals surface area contributed by atoms with Crippen molar-refractivity contribution in [3.8, 4) is 5.75 Å². The van der Waals surface area contributed by atoms with E-state index in [1.807, 2.05) is 0 Å². The Morgan fingerprint density at radius 1 is 1.06 bits per heavy atom. The molecule has 2 N–H and O–H groups in total. The van der Waals surface area contributed by atoms with E-state index in [0.29, 0.717) is 16.5 Å². The van der Waals surface area contributed by atoms with E-state index in [4.69, 9.17) is 33.7 Å². The number of ether oxygens (including phenoxy) is 1. The summed E-state index contributed by atoms with van der Waals surface area (Å²) < 4.78 is 5.15. The lowest BCUT2D eigenvalue weighted by atomic mass is 10.2. The number of hydrogen-bond donors (Lipinski definition) is 1. The summed E-state index contributed by atoms with van der Waals surface area (Å²) in [6, 6.07) is 11.1. The molecule has 0 aromatic heterocycles. The van der Waals surface area contributed by atoms with Gasteiger partial charge in [-0.2, -0.15) is 0 Å². The van der Waals surface area contributed by atoms with Crippen LogP contribution >= 0.6 is 23.2 Å². The summed E-state index contributed by atoms with van der Waals surface area (Å²) in [4.78, 5) is 11.9. The Balaban J connectivity index is 2.19. The third kappa shape index (κ3) is 2.94. The molecule has 18 heavy (non-hydrogen) atoms. The number of nitrogens with two attached hydrogens (primary N) is 1. The highest BCUT2D eigenvalue weighted by Crippen LogP contribution is 2.23. The predicted octanol–water partition coefficient (Wildman–Crippen LogP) is 3.79. The van der Waals surface area contributed by atoms with Gasteiger partial charge in [0.2, 0.25) is 0 Å². The molecule has 2 aromatic carbocycles. The van der Waals surface area contributed by atoms with Crippen molar-refractivity contribution < 1.29 is 9.53 Å². The van der Waals surface area contributed by atoms with Gasteiger partial charge in [-0.05, 0) is 42.5 Å². The molecule has 0 heterocycles. The van der Waals surface area contributed by atoms with Crippen LogP contribution in [0.2, 0.25) is 10.0 Å². The van der Waals surface area contributed by atoms with E-state index in [1.165, 1.54) is 12.1 Å². The molecular formula is C13H9Cl2NO2. The zero-order valence-electron chi connectivity index (χ0n) is 9.19. The normalized spacial score (nSPS) is 10.1. The van der Waals surface area contributed by atoms with Crippen LogP contribution in [0.4, 0.5) is 5.69 Å². The van der Waals surface area contributed by atoms with Crippen LogP contribution in [0.25, 0.3) is 0 Å². The number of carbonyl (C=O) groups is 1. The molecule has 0 amide bonds. The molecule has 0 aliphatic rings. The number of nitrogen functional groups attached to an aromatic ring is 1. The molecule has 0 spiro atoms. The maximum atomic E-state index is 11.9. The van der Waals surface area contributed by atoms with E-state index in [2.05, 4.69) is 0 Å². The molecule has 0 unspecified atom stereocenters. The van der Waals surface area contributed by atoms with Crippen molar-refractivity contribution in [3.63, 3.8) is 0 Å². The second kappa shape index (κ2) is 5.29. The van der Waals surface area contributed by atoms with Gasteiger partial charge in [-0.1, -0.05) is 23.2 Å². The number of carbonyl (C=O) groups excluding carboxylic acids is 1. The van der Waals surface area contributed by atoms with Gasteiger partial charge in [0, 0.05) is 10.7 Å². The van der Waals surface area contributed by atoms with Crippen molar-refractivity contribution in [1.29, 1.82) is 0 Å². The van der Waals surface area contributed by atoms with Crippen LogP contribution in [-0.4, -0.2) is 5.97 Å². The van der Waals surface area contributed by atoms with Gasteiger partial charge in [0.05, 0.1) is 10.6 Å². The minimum atomic E-state index is -0.540. The van der Waals surface area contributed by atoms with Gasteiger partial charge in [-0.15, -0.1) is 0 Å². The fourth-order valence-corrected chi connectivity index (χ4v) is 1.84. The van der Waals surface area contributed by atoms with Crippen LogP contribution in [0.5, 0.6) is 5.75 Å². The summed E-state index contributed by atoms with van der Waals surface area (Å²) in [5.74, 6) is -0.137. The summed E-state index contributed by atoms with van der Waals surface area (Å²) in [6.45, 7) is 0. The Morgan fingerprint density at radius 2 is 1.72 bits per heavy atom. The first-order chi connectivity index (χ1) is 8.56. The quantitative estimate of drug-likeness (QED) is 0.518. The van der Waals surface area contributed by atoms with E-state index in [-0.39, 0.29) is 10.6 Å². The lowest BCUT2D eigenvalue weighted by molar-refractivity contribution is 0.0735. The van der Waals surface area contributed by atoms with Crippen molar-refractivity contribution >= 4 is 34.9 Å². The van der Waals surface area contributed by atoms with E-state index < -0.39 is 5.97 Å². The van der Waals surface area contributed by atoms with Gasteiger partial charge in [-0.3, -0.25) is 0 Å². The highest BCUT2D eigenvalue weighted by molar-refractivity contribution is 6.36. The molecule has 92 valence electrons. The molecule has 5 heteroatoms. The Labute approximate surface area is 114 Å². The van der Waals surface area contributed by atoms with Crippen molar-refractivity contribution in [2.75, 3.05) is 5.73 Å². The van der Waals surface area contributed by atoms with Gasteiger partial charge in [-0.25, -0.2) is 4.79 Å². The number of benzene rings is 2. The standard InChI is InChI=1S/C13H9Cl2NO2/c14-8-1-6-11(12(15)7-8)13(17)18-10-4-2-9(16)3-5-10/h1-7H,16H2. The zero-order chi connectivity index (χ0) is 13.1. The topological polar surface area (TPSA) is 52.3 Å². The second-order valence-electron chi connectivity index (χ2n) is 3.58. The summed E-state index contributed by atoms with van der Waals surface area (Å²) in [5.41, 5.74) is 6.39. The van der Waals surface area contributed by atoms with Crippen molar-refractivity contribution in [3.05, 3.63) is 58.1 Å². The monoisotopic (exact) mass is 281 g/mol. The van der Waals surface area contributed by atoms with Gasteiger partial charge < -0.3 is 10.5 Å². The Morgan fingerprint density at radius 3 is 2.33 bits per heavy atom. The average molecular weight is 282 g/mol. The predicted molar refractivity (Wildman–Crippen MR) is 72.3 cm³/mol. The fourth-order valence-electron chi connectivity index (χ4n) is 1.35. The molecule has 0 saturated heterocycles. The number of anilines is 1. The summed E-state index contributed by atoms with van der Waals surface area (Å²) >= 11 is 11.7. The van der Waals surface area contributed by atoms with Gasteiger partial charge in [0.1, 0.15) is 5.75 Å². The van der Waals surface area contributed by atoms with Crippen LogP contribution in [0.3, 0.4) is 0 Å². The zero-order valence-corrected chi connectivity index (χ0v) is 10.7. The van der Waals surface area contributed by atoms with Crippen LogP contribution in [0.1, 0.15) is 10.4 Å². The summed E-state index contributed by atoms with van der Waals surface area (Å²) in [5, 5.41) is 0.715. The minimum Gasteiger partial charge on any atom is -0.423 e. The SMILES string of the molecule is Nc1ccc(OC(=O)c2ccc(Cl)cc2Cl)cc1. The van der Waals surface area contributed by atoms with Crippen molar-refractivity contribution in [2.24, 2.45) is 0 Å². The highest BCUT2D eigenvalue weighted by atomic mass is 35.5. The van der Waals surface area contributed by atoms with E-state index in [1.54, 1.807) is 30.3 Å². The molecule has 0 atom stereocenters. The lowest BCUT2D eigenvalue weighted by Gasteiger charge is -2.06. The summed E-state index contributed by atoms with van der Waals surface area (Å²) in [6.07, 6.45) is 0. The van der Waals surface area contributed by atoms with Crippen LogP contribution in [-0.2, 0) is 0 Å². The highest BCUT2D eigenvalue weighted by Gasteiger charge is 2.13. The van der Waals surface area contributed by atoms with Gasteiger partial charge in [0.25, 0.3) is 0 Å². The number of halogens is 2. The van der Waals surface area contributed by atoms with Gasteiger partial charge >= 0.3 is 5.97 Å². The van der Waals surface area contributed by atoms with E-state index in [0.717, 1.165) is 0 Å². The molecule has 0 saturated carbocycles. The number of rotatable bonds is 2. The molecule has 0 aliphatic heterocycles. The van der Waals surface area contributed by atoms with Gasteiger partial charge in [0.15, 0.2) is 0 Å². The second-order valence-corrected chi connectivity index (χ2v) is 4.43. The number of esters is 1. The largest absolute Gasteiger partial charge is 0.423 e. The molecule has 2 aromatic rings. The Hall–Kier alpha value is -1.71. The molecule has 0 fully saturated rings. The Bertz CT molecular complexity index is 582. The van der Waals surface area contributed by atoms with E-state index in [9.17, 15) is 4.79 Å². The molecule has 0 bridgehead atoms. The molecule has 3 nitrogen and oxygen atoms in total. The Kier molecular flexibility index (Phi) is 3.75. The van der Waals surface area contributed by atoms with Crippen molar-refractivity contribution in [2.45, 2.75) is 0 Å². The average Bonchev–Trinajstić information content (AvgIpc) is 2.32.